The molecule has 0 spiro atoms. The smallest absolute Gasteiger partial charge is 0.352 e. The molecule has 0 radical (unpaired) electrons. The molecule has 1 heterocycles. The van der Waals surface area contributed by atoms with E-state index in [9.17, 15) is 4.39 Å². The molecule has 0 aliphatic carbocycles. The maximum absolute atomic E-state index is 12.7. The number of methoxy groups -OCH3 is 1. The first-order chi connectivity index (χ1) is 7.29. The fourth-order valence-electron chi connectivity index (χ4n) is 1.19. The highest BCUT2D eigenvalue weighted by Gasteiger charge is 2.05. The minimum absolute atomic E-state index is 0. The minimum Gasteiger partial charge on any atom is -0.438 e. The van der Waals surface area contributed by atoms with Crippen LogP contribution in [0.4, 0.5) is 4.39 Å². The van der Waals surface area contributed by atoms with Crippen LogP contribution >= 0.6 is 12.4 Å². The van der Waals surface area contributed by atoms with E-state index in [4.69, 9.17) is 4.74 Å². The Bertz CT molecular complexity index is 469. The van der Waals surface area contributed by atoms with Crippen LogP contribution in [0.2, 0.25) is 0 Å². The molecule has 0 saturated carbocycles. The third-order valence-electron chi connectivity index (χ3n) is 1.89. The molecular formula is C10H10ClFN2O2. The van der Waals surface area contributed by atoms with Crippen molar-refractivity contribution in [3.8, 4) is 5.75 Å². The van der Waals surface area contributed by atoms with Gasteiger partial charge in [0, 0.05) is 18.7 Å². The van der Waals surface area contributed by atoms with Gasteiger partial charge in [0.25, 0.3) is 0 Å². The predicted octanol–water partition coefficient (Wildman–Crippen LogP) is 2.33. The summed E-state index contributed by atoms with van der Waals surface area (Å²) in [6.45, 7) is -1.76. The molecule has 0 fully saturated rings. The molecule has 1 aromatic carbocycles. The molecule has 4 nitrogen and oxygen atoms in total. The summed E-state index contributed by atoms with van der Waals surface area (Å²) >= 11 is 0. The zero-order valence-electron chi connectivity index (χ0n) is 8.46. The first-order valence-electron chi connectivity index (χ1n) is 4.33. The van der Waals surface area contributed by atoms with E-state index in [2.05, 4.69) is 14.7 Å². The topological polar surface area (TPSA) is 44.2 Å². The average molecular weight is 245 g/mol. The lowest BCUT2D eigenvalue weighted by molar-refractivity contribution is -0.145. The summed E-state index contributed by atoms with van der Waals surface area (Å²) in [5.41, 5.74) is 0.783. The van der Waals surface area contributed by atoms with Gasteiger partial charge in [-0.25, -0.2) is 9.97 Å². The number of halogens is 2. The molecule has 0 saturated heterocycles. The molecule has 6 heteroatoms. The Morgan fingerprint density at radius 3 is 2.94 bits per heavy atom. The summed E-state index contributed by atoms with van der Waals surface area (Å²) in [6.07, 6.45) is 3.09. The van der Waals surface area contributed by atoms with E-state index >= 15 is 0 Å². The van der Waals surface area contributed by atoms with Crippen LogP contribution in [0.25, 0.3) is 10.9 Å². The first kappa shape index (κ1) is 12.6. The molecule has 0 amide bonds. The highest BCUT2D eigenvalue weighted by atomic mass is 35.5. The van der Waals surface area contributed by atoms with Crippen molar-refractivity contribution in [3.63, 3.8) is 0 Å². The lowest BCUT2D eigenvalue weighted by Crippen LogP contribution is -2.11. The highest BCUT2D eigenvalue weighted by molar-refractivity contribution is 5.85. The maximum atomic E-state index is 12.7. The molecule has 0 bridgehead atoms. The third kappa shape index (κ3) is 2.77. The zero-order valence-corrected chi connectivity index (χ0v) is 9.28. The molecule has 1 atom stereocenters. The Balaban J connectivity index is 0.00000128. The van der Waals surface area contributed by atoms with Crippen molar-refractivity contribution >= 4 is 23.3 Å². The van der Waals surface area contributed by atoms with E-state index in [1.807, 2.05) is 0 Å². The van der Waals surface area contributed by atoms with Gasteiger partial charge in [-0.15, -0.1) is 12.4 Å². The molecule has 2 aromatic rings. The standard InChI is InChI=1S/C10H9FN2O2.ClH/c1-14-10(11)15-8-2-3-9-7(4-8)5-12-6-13-9;/h2-6,10H,1H3;1H. The van der Waals surface area contributed by atoms with Crippen LogP contribution in [0, 0.1) is 0 Å². The Morgan fingerprint density at radius 2 is 2.19 bits per heavy atom. The monoisotopic (exact) mass is 244 g/mol. The van der Waals surface area contributed by atoms with Gasteiger partial charge in [0.05, 0.1) is 5.52 Å². The van der Waals surface area contributed by atoms with Crippen LogP contribution in [0.3, 0.4) is 0 Å². The molecular weight excluding hydrogens is 235 g/mol. The van der Waals surface area contributed by atoms with Gasteiger partial charge in [-0.05, 0) is 18.2 Å². The number of fused-ring (bicyclic) bond motifs is 1. The SMILES string of the molecule is COC(F)Oc1ccc2ncncc2c1.Cl. The van der Waals surface area contributed by atoms with Crippen molar-refractivity contribution in [3.05, 3.63) is 30.7 Å². The average Bonchev–Trinajstić information content (AvgIpc) is 2.29. The van der Waals surface area contributed by atoms with Crippen molar-refractivity contribution in [2.45, 2.75) is 6.54 Å². The number of alkyl halides is 1. The van der Waals surface area contributed by atoms with Crippen LogP contribution in [-0.2, 0) is 4.74 Å². The second kappa shape index (κ2) is 5.58. The third-order valence-corrected chi connectivity index (χ3v) is 1.89. The van der Waals surface area contributed by atoms with Gasteiger partial charge in [0.15, 0.2) is 0 Å². The van der Waals surface area contributed by atoms with Gasteiger partial charge >= 0.3 is 6.54 Å². The molecule has 0 aliphatic heterocycles. The van der Waals surface area contributed by atoms with Crippen LogP contribution in [0.5, 0.6) is 5.75 Å². The molecule has 86 valence electrons. The Morgan fingerprint density at radius 1 is 1.38 bits per heavy atom. The number of nitrogens with zero attached hydrogens (tertiary/aromatic N) is 2. The molecule has 0 N–H and O–H groups in total. The zero-order chi connectivity index (χ0) is 10.7. The molecule has 16 heavy (non-hydrogen) atoms. The van der Waals surface area contributed by atoms with Crippen molar-refractivity contribution in [1.29, 1.82) is 0 Å². The largest absolute Gasteiger partial charge is 0.438 e. The van der Waals surface area contributed by atoms with E-state index in [1.165, 1.54) is 13.4 Å². The summed E-state index contributed by atoms with van der Waals surface area (Å²) < 4.78 is 21.9. The van der Waals surface area contributed by atoms with Gasteiger partial charge in [-0.3, -0.25) is 0 Å². The Labute approximate surface area is 97.8 Å². The lowest BCUT2D eigenvalue weighted by atomic mass is 10.2. The van der Waals surface area contributed by atoms with Gasteiger partial charge in [-0.2, -0.15) is 4.39 Å². The number of benzene rings is 1. The second-order valence-corrected chi connectivity index (χ2v) is 2.87. The van der Waals surface area contributed by atoms with E-state index in [0.29, 0.717) is 5.75 Å². The van der Waals surface area contributed by atoms with Crippen LogP contribution in [-0.4, -0.2) is 23.6 Å². The predicted molar refractivity (Wildman–Crippen MR) is 59.3 cm³/mol. The number of rotatable bonds is 3. The fraction of sp³-hybridized carbons (Fsp3) is 0.200. The number of hydrogen-bond donors (Lipinski definition) is 0. The molecule has 0 aliphatic rings. The van der Waals surface area contributed by atoms with Crippen molar-refractivity contribution < 1.29 is 13.9 Å². The summed E-state index contributed by atoms with van der Waals surface area (Å²) in [7, 11) is 1.23. The molecule has 1 aromatic heterocycles. The fourth-order valence-corrected chi connectivity index (χ4v) is 1.19. The summed E-state index contributed by atoms with van der Waals surface area (Å²) in [4.78, 5) is 7.89. The van der Waals surface area contributed by atoms with Crippen molar-refractivity contribution in [2.24, 2.45) is 0 Å². The van der Waals surface area contributed by atoms with Crippen molar-refractivity contribution in [2.75, 3.05) is 7.11 Å². The number of hydrogen-bond acceptors (Lipinski definition) is 4. The summed E-state index contributed by atoms with van der Waals surface area (Å²) in [6, 6.07) is 5.01. The number of aromatic nitrogens is 2. The van der Waals surface area contributed by atoms with Crippen LogP contribution in [0.1, 0.15) is 0 Å². The lowest BCUT2D eigenvalue weighted by Gasteiger charge is -2.09. The highest BCUT2D eigenvalue weighted by Crippen LogP contribution is 2.19. The summed E-state index contributed by atoms with van der Waals surface area (Å²) in [5.74, 6) is 0.381. The van der Waals surface area contributed by atoms with E-state index in [1.54, 1.807) is 24.4 Å². The maximum Gasteiger partial charge on any atom is 0.352 e. The van der Waals surface area contributed by atoms with E-state index in [-0.39, 0.29) is 12.4 Å². The minimum atomic E-state index is -1.76. The summed E-state index contributed by atoms with van der Waals surface area (Å²) in [5, 5.41) is 0.790. The normalized spacial score (nSPS) is 11.9. The van der Waals surface area contributed by atoms with Crippen molar-refractivity contribution in [1.82, 2.24) is 9.97 Å². The van der Waals surface area contributed by atoms with Gasteiger partial charge in [0.1, 0.15) is 12.1 Å². The quantitative estimate of drug-likeness (QED) is 0.778. The van der Waals surface area contributed by atoms with Crippen LogP contribution in [0.15, 0.2) is 30.7 Å². The van der Waals surface area contributed by atoms with Gasteiger partial charge in [0.2, 0.25) is 0 Å². The Kier molecular flexibility index (Phi) is 4.39. The van der Waals surface area contributed by atoms with E-state index < -0.39 is 6.54 Å². The van der Waals surface area contributed by atoms with Gasteiger partial charge < -0.3 is 9.47 Å². The first-order valence-corrected chi connectivity index (χ1v) is 4.33. The molecule has 1 unspecified atom stereocenters. The number of ether oxygens (including phenoxy) is 2. The van der Waals surface area contributed by atoms with Gasteiger partial charge in [-0.1, -0.05) is 0 Å². The second-order valence-electron chi connectivity index (χ2n) is 2.87. The van der Waals surface area contributed by atoms with E-state index in [0.717, 1.165) is 10.9 Å². The molecule has 2 rings (SSSR count). The van der Waals surface area contributed by atoms with Crippen LogP contribution < -0.4 is 4.74 Å². The Hall–Kier alpha value is -1.46.